The molecule has 22 heavy (non-hydrogen) atoms. The zero-order valence-corrected chi connectivity index (χ0v) is 11.8. The summed E-state index contributed by atoms with van der Waals surface area (Å²) in [6.07, 6.45) is 1.46. The standard InChI is InChI=1S/C16H13N3O3/c1-22-12-5-6-14-13(8-12)15(18-9-17-14)19-11-4-2-3-10(7-11)16(20)21/h2-9H,1H3,(H,20,21)(H,17,18,19). The van der Waals surface area contributed by atoms with Crippen LogP contribution in [0.15, 0.2) is 48.8 Å². The van der Waals surface area contributed by atoms with E-state index in [4.69, 9.17) is 9.84 Å². The zero-order valence-electron chi connectivity index (χ0n) is 11.8. The first-order chi connectivity index (χ1) is 10.7. The summed E-state index contributed by atoms with van der Waals surface area (Å²) < 4.78 is 5.22. The average Bonchev–Trinajstić information content (AvgIpc) is 2.55. The number of aromatic carboxylic acids is 1. The number of aromatic nitrogens is 2. The van der Waals surface area contributed by atoms with Gasteiger partial charge in [0, 0.05) is 11.1 Å². The largest absolute Gasteiger partial charge is 0.497 e. The van der Waals surface area contributed by atoms with Crippen LogP contribution in [0.1, 0.15) is 10.4 Å². The molecule has 0 saturated heterocycles. The Morgan fingerprint density at radius 1 is 1.18 bits per heavy atom. The topological polar surface area (TPSA) is 84.3 Å². The molecule has 1 aromatic heterocycles. The molecule has 0 fully saturated rings. The Morgan fingerprint density at radius 2 is 2.05 bits per heavy atom. The van der Waals surface area contributed by atoms with Crippen LogP contribution in [0.25, 0.3) is 10.9 Å². The van der Waals surface area contributed by atoms with E-state index in [1.54, 1.807) is 25.3 Å². The minimum absolute atomic E-state index is 0.209. The molecule has 6 heteroatoms. The van der Waals surface area contributed by atoms with Gasteiger partial charge < -0.3 is 15.2 Å². The Bertz CT molecular complexity index is 849. The van der Waals surface area contributed by atoms with Gasteiger partial charge in [-0.3, -0.25) is 0 Å². The molecule has 0 bridgehead atoms. The van der Waals surface area contributed by atoms with Crippen molar-refractivity contribution in [2.75, 3.05) is 12.4 Å². The lowest BCUT2D eigenvalue weighted by molar-refractivity contribution is 0.0697. The summed E-state index contributed by atoms with van der Waals surface area (Å²) in [6.45, 7) is 0. The first-order valence-electron chi connectivity index (χ1n) is 6.56. The van der Waals surface area contributed by atoms with E-state index < -0.39 is 5.97 Å². The molecule has 2 aromatic carbocycles. The van der Waals surface area contributed by atoms with Gasteiger partial charge in [0.25, 0.3) is 0 Å². The number of carboxylic acid groups (broad SMARTS) is 1. The predicted molar refractivity (Wildman–Crippen MR) is 82.8 cm³/mol. The number of carbonyl (C=O) groups is 1. The molecular formula is C16H13N3O3. The second-order valence-corrected chi connectivity index (χ2v) is 4.62. The molecule has 0 aliphatic rings. The summed E-state index contributed by atoms with van der Waals surface area (Å²) in [6, 6.07) is 12.0. The third-order valence-electron chi connectivity index (χ3n) is 3.21. The normalized spacial score (nSPS) is 10.4. The molecule has 0 unspecified atom stereocenters. The van der Waals surface area contributed by atoms with Gasteiger partial charge in [-0.15, -0.1) is 0 Å². The van der Waals surface area contributed by atoms with Crippen LogP contribution in [-0.2, 0) is 0 Å². The molecule has 0 atom stereocenters. The van der Waals surface area contributed by atoms with Gasteiger partial charge in [-0.25, -0.2) is 14.8 Å². The van der Waals surface area contributed by atoms with Gasteiger partial charge in [0.1, 0.15) is 17.9 Å². The smallest absolute Gasteiger partial charge is 0.335 e. The zero-order chi connectivity index (χ0) is 15.5. The fourth-order valence-electron chi connectivity index (χ4n) is 2.13. The van der Waals surface area contributed by atoms with Gasteiger partial charge in [0.05, 0.1) is 18.2 Å². The van der Waals surface area contributed by atoms with Crippen molar-refractivity contribution in [3.8, 4) is 5.75 Å². The van der Waals surface area contributed by atoms with E-state index in [1.165, 1.54) is 12.4 Å². The molecule has 3 rings (SSSR count). The summed E-state index contributed by atoms with van der Waals surface area (Å²) in [7, 11) is 1.59. The number of carboxylic acids is 1. The Labute approximate surface area is 126 Å². The average molecular weight is 295 g/mol. The molecule has 6 nitrogen and oxygen atoms in total. The number of hydrogen-bond donors (Lipinski definition) is 2. The number of benzene rings is 2. The second kappa shape index (κ2) is 5.69. The maximum Gasteiger partial charge on any atom is 0.335 e. The molecule has 2 N–H and O–H groups in total. The van der Waals surface area contributed by atoms with Gasteiger partial charge in [0.2, 0.25) is 0 Å². The van der Waals surface area contributed by atoms with E-state index in [0.29, 0.717) is 17.3 Å². The van der Waals surface area contributed by atoms with E-state index in [2.05, 4.69) is 15.3 Å². The van der Waals surface area contributed by atoms with E-state index >= 15 is 0 Å². The van der Waals surface area contributed by atoms with Gasteiger partial charge in [-0.1, -0.05) is 6.07 Å². The predicted octanol–water partition coefficient (Wildman–Crippen LogP) is 3.08. The number of anilines is 2. The Morgan fingerprint density at radius 3 is 2.82 bits per heavy atom. The summed E-state index contributed by atoms with van der Waals surface area (Å²) >= 11 is 0. The molecule has 110 valence electrons. The molecular weight excluding hydrogens is 282 g/mol. The third kappa shape index (κ3) is 2.67. The lowest BCUT2D eigenvalue weighted by Crippen LogP contribution is -2.00. The molecule has 0 radical (unpaired) electrons. The monoisotopic (exact) mass is 295 g/mol. The lowest BCUT2D eigenvalue weighted by atomic mass is 10.2. The number of nitrogens with one attached hydrogen (secondary N) is 1. The maximum absolute atomic E-state index is 11.0. The quantitative estimate of drug-likeness (QED) is 0.769. The highest BCUT2D eigenvalue weighted by molar-refractivity contribution is 5.93. The van der Waals surface area contributed by atoms with E-state index in [0.717, 1.165) is 10.9 Å². The van der Waals surface area contributed by atoms with E-state index in [9.17, 15) is 4.79 Å². The third-order valence-corrected chi connectivity index (χ3v) is 3.21. The first kappa shape index (κ1) is 13.8. The van der Waals surface area contributed by atoms with Gasteiger partial charge in [-0.2, -0.15) is 0 Å². The SMILES string of the molecule is COc1ccc2ncnc(Nc3cccc(C(=O)O)c3)c2c1. The van der Waals surface area contributed by atoms with Crippen LogP contribution in [0, 0.1) is 0 Å². The van der Waals surface area contributed by atoms with Gasteiger partial charge in [0.15, 0.2) is 0 Å². The minimum atomic E-state index is -0.974. The highest BCUT2D eigenvalue weighted by atomic mass is 16.5. The summed E-state index contributed by atoms with van der Waals surface area (Å²) in [4.78, 5) is 19.5. The van der Waals surface area contributed by atoms with Crippen LogP contribution >= 0.6 is 0 Å². The summed E-state index contributed by atoms with van der Waals surface area (Å²) in [5.74, 6) is 0.314. The first-order valence-corrected chi connectivity index (χ1v) is 6.56. The number of nitrogens with zero attached hydrogens (tertiary/aromatic N) is 2. The molecule has 1 heterocycles. The number of methoxy groups -OCH3 is 1. The second-order valence-electron chi connectivity index (χ2n) is 4.62. The fraction of sp³-hybridized carbons (Fsp3) is 0.0625. The summed E-state index contributed by atoms with van der Waals surface area (Å²) in [5.41, 5.74) is 1.62. The van der Waals surface area contributed by atoms with Crippen molar-refractivity contribution in [1.29, 1.82) is 0 Å². The Balaban J connectivity index is 2.03. The van der Waals surface area contributed by atoms with Crippen molar-refractivity contribution in [1.82, 2.24) is 9.97 Å². The van der Waals surface area contributed by atoms with Crippen LogP contribution in [-0.4, -0.2) is 28.2 Å². The number of hydrogen-bond acceptors (Lipinski definition) is 5. The van der Waals surface area contributed by atoms with Crippen LogP contribution in [0.2, 0.25) is 0 Å². The summed E-state index contributed by atoms with van der Waals surface area (Å²) in [5, 5.41) is 13.0. The van der Waals surface area contributed by atoms with Crippen molar-refractivity contribution in [2.24, 2.45) is 0 Å². The van der Waals surface area contributed by atoms with Crippen molar-refractivity contribution < 1.29 is 14.6 Å². The minimum Gasteiger partial charge on any atom is -0.497 e. The fourth-order valence-corrected chi connectivity index (χ4v) is 2.13. The van der Waals surface area contributed by atoms with Crippen molar-refractivity contribution >= 4 is 28.4 Å². The van der Waals surface area contributed by atoms with Crippen molar-refractivity contribution in [2.45, 2.75) is 0 Å². The molecule has 0 aliphatic heterocycles. The number of rotatable bonds is 4. The van der Waals surface area contributed by atoms with Gasteiger partial charge in [-0.05, 0) is 36.4 Å². The molecule has 0 aliphatic carbocycles. The number of ether oxygens (including phenoxy) is 1. The van der Waals surface area contributed by atoms with Crippen molar-refractivity contribution in [3.05, 3.63) is 54.4 Å². The van der Waals surface area contributed by atoms with Crippen LogP contribution < -0.4 is 10.1 Å². The van der Waals surface area contributed by atoms with E-state index in [1.807, 2.05) is 18.2 Å². The molecule has 0 amide bonds. The van der Waals surface area contributed by atoms with Crippen LogP contribution in [0.5, 0.6) is 5.75 Å². The Kier molecular flexibility index (Phi) is 3.57. The lowest BCUT2D eigenvalue weighted by Gasteiger charge is -2.10. The molecule has 3 aromatic rings. The highest BCUT2D eigenvalue weighted by Gasteiger charge is 2.07. The molecule has 0 saturated carbocycles. The van der Waals surface area contributed by atoms with Gasteiger partial charge >= 0.3 is 5.97 Å². The maximum atomic E-state index is 11.0. The molecule has 0 spiro atoms. The number of fused-ring (bicyclic) bond motifs is 1. The van der Waals surface area contributed by atoms with Crippen LogP contribution in [0.3, 0.4) is 0 Å². The Hall–Kier alpha value is -3.15. The van der Waals surface area contributed by atoms with Crippen LogP contribution in [0.4, 0.5) is 11.5 Å². The van der Waals surface area contributed by atoms with Crippen molar-refractivity contribution in [3.63, 3.8) is 0 Å². The highest BCUT2D eigenvalue weighted by Crippen LogP contribution is 2.26. The van der Waals surface area contributed by atoms with E-state index in [-0.39, 0.29) is 5.56 Å².